The van der Waals surface area contributed by atoms with Gasteiger partial charge in [0.15, 0.2) is 11.7 Å². The normalized spacial score (nSPS) is 16.0. The minimum atomic E-state index is 0.348. The lowest BCUT2D eigenvalue weighted by atomic mass is 9.67. The second kappa shape index (κ2) is 9.55. The molecule has 0 spiro atoms. The molecule has 1 fully saturated rings. The number of methoxy groups -OCH3 is 1. The fourth-order valence-electron chi connectivity index (χ4n) is 3.41. The molecule has 0 radical (unpaired) electrons. The van der Waals surface area contributed by atoms with Gasteiger partial charge in [-0.25, -0.2) is 4.99 Å². The van der Waals surface area contributed by atoms with E-state index in [1.807, 2.05) is 36.4 Å². The average Bonchev–Trinajstić information content (AvgIpc) is 3.14. The summed E-state index contributed by atoms with van der Waals surface area (Å²) >= 11 is 0. The Labute approximate surface area is 161 Å². The summed E-state index contributed by atoms with van der Waals surface area (Å²) in [5.41, 5.74) is 2.19. The zero-order valence-electron chi connectivity index (χ0n) is 16.3. The van der Waals surface area contributed by atoms with Crippen molar-refractivity contribution in [1.82, 2.24) is 15.8 Å². The number of aromatic nitrogens is 1. The van der Waals surface area contributed by atoms with Gasteiger partial charge >= 0.3 is 0 Å². The molecule has 6 heteroatoms. The molecule has 1 saturated carbocycles. The highest BCUT2D eigenvalue weighted by Gasteiger charge is 2.36. The lowest BCUT2D eigenvalue weighted by Crippen LogP contribution is -2.46. The molecular weight excluding hydrogens is 340 g/mol. The van der Waals surface area contributed by atoms with Gasteiger partial charge in [-0.3, -0.25) is 0 Å². The number of ether oxygens (including phenoxy) is 1. The van der Waals surface area contributed by atoms with Crippen LogP contribution in [0.25, 0.3) is 11.3 Å². The number of rotatable bonds is 9. The van der Waals surface area contributed by atoms with E-state index in [0.717, 1.165) is 49.1 Å². The smallest absolute Gasteiger partial charge is 0.191 e. The molecule has 1 aliphatic rings. The molecule has 1 heterocycles. The Bertz CT molecular complexity index is 723. The van der Waals surface area contributed by atoms with Gasteiger partial charge < -0.3 is 19.9 Å². The number of nitrogens with zero attached hydrogens (tertiary/aromatic N) is 2. The van der Waals surface area contributed by atoms with E-state index in [9.17, 15) is 0 Å². The van der Waals surface area contributed by atoms with Crippen molar-refractivity contribution in [3.63, 3.8) is 0 Å². The van der Waals surface area contributed by atoms with Crippen LogP contribution in [0.2, 0.25) is 0 Å². The number of benzene rings is 1. The first-order valence-electron chi connectivity index (χ1n) is 9.77. The molecule has 0 saturated heterocycles. The lowest BCUT2D eigenvalue weighted by Gasteiger charge is -2.42. The molecule has 6 nitrogen and oxygen atoms in total. The van der Waals surface area contributed by atoms with Crippen LogP contribution in [0, 0.1) is 5.41 Å². The number of hydrogen-bond acceptors (Lipinski definition) is 4. The lowest BCUT2D eigenvalue weighted by molar-refractivity contribution is 0.0732. The highest BCUT2D eigenvalue weighted by Crippen LogP contribution is 2.43. The van der Waals surface area contributed by atoms with Gasteiger partial charge in [-0.1, -0.05) is 41.9 Å². The second-order valence-corrected chi connectivity index (χ2v) is 7.19. The second-order valence-electron chi connectivity index (χ2n) is 7.19. The van der Waals surface area contributed by atoms with Crippen LogP contribution in [0.4, 0.5) is 0 Å². The minimum Gasteiger partial charge on any atom is -0.385 e. The monoisotopic (exact) mass is 370 g/mol. The Balaban J connectivity index is 1.58. The highest BCUT2D eigenvalue weighted by atomic mass is 16.5. The molecule has 0 aliphatic heterocycles. The van der Waals surface area contributed by atoms with Gasteiger partial charge in [-0.05, 0) is 31.6 Å². The van der Waals surface area contributed by atoms with Crippen LogP contribution in [0.5, 0.6) is 0 Å². The molecule has 2 aromatic rings. The van der Waals surface area contributed by atoms with Crippen molar-refractivity contribution >= 4 is 5.96 Å². The molecule has 1 aliphatic carbocycles. The van der Waals surface area contributed by atoms with E-state index in [4.69, 9.17) is 9.26 Å². The summed E-state index contributed by atoms with van der Waals surface area (Å²) in [4.78, 5) is 4.67. The van der Waals surface area contributed by atoms with E-state index in [-0.39, 0.29) is 0 Å². The first kappa shape index (κ1) is 19.4. The highest BCUT2D eigenvalue weighted by molar-refractivity contribution is 5.79. The Morgan fingerprint density at radius 1 is 1.26 bits per heavy atom. The molecular formula is C21H30N4O2. The fourth-order valence-corrected chi connectivity index (χ4v) is 3.41. The van der Waals surface area contributed by atoms with Gasteiger partial charge in [-0.15, -0.1) is 0 Å². The van der Waals surface area contributed by atoms with E-state index in [2.05, 4.69) is 27.7 Å². The van der Waals surface area contributed by atoms with E-state index < -0.39 is 0 Å². The maximum Gasteiger partial charge on any atom is 0.191 e. The molecule has 1 aromatic carbocycles. The Hall–Kier alpha value is -2.34. The van der Waals surface area contributed by atoms with Crippen molar-refractivity contribution in [2.24, 2.45) is 10.4 Å². The van der Waals surface area contributed by atoms with Gasteiger partial charge in [0.2, 0.25) is 0 Å². The van der Waals surface area contributed by atoms with Crippen molar-refractivity contribution in [3.05, 3.63) is 42.1 Å². The van der Waals surface area contributed by atoms with Gasteiger partial charge in [0.05, 0.1) is 6.54 Å². The largest absolute Gasteiger partial charge is 0.385 e. The maximum atomic E-state index is 5.45. The number of nitrogens with one attached hydrogen (secondary N) is 2. The SMILES string of the molecule is CCNC(=NCc1cc(-c2ccccc2)on1)NCC1(CCOC)CCC1. The summed E-state index contributed by atoms with van der Waals surface area (Å²) in [7, 11) is 1.77. The summed E-state index contributed by atoms with van der Waals surface area (Å²) in [6.07, 6.45) is 4.92. The average molecular weight is 370 g/mol. The van der Waals surface area contributed by atoms with Crippen LogP contribution in [0.15, 0.2) is 45.9 Å². The minimum absolute atomic E-state index is 0.348. The summed E-state index contributed by atoms with van der Waals surface area (Å²) in [6.45, 7) is 5.12. The Kier molecular flexibility index (Phi) is 6.87. The third-order valence-electron chi connectivity index (χ3n) is 5.24. The van der Waals surface area contributed by atoms with Gasteiger partial charge in [0.1, 0.15) is 5.69 Å². The molecule has 146 valence electrons. The van der Waals surface area contributed by atoms with E-state index >= 15 is 0 Å². The maximum absolute atomic E-state index is 5.45. The number of aliphatic imine (C=N–C) groups is 1. The molecule has 1 aromatic heterocycles. The Morgan fingerprint density at radius 2 is 2.07 bits per heavy atom. The van der Waals surface area contributed by atoms with Gasteiger partial charge in [-0.2, -0.15) is 0 Å². The molecule has 0 amide bonds. The van der Waals surface area contributed by atoms with Crippen molar-refractivity contribution in [1.29, 1.82) is 0 Å². The molecule has 27 heavy (non-hydrogen) atoms. The predicted octanol–water partition coefficient (Wildman–Crippen LogP) is 3.60. The number of hydrogen-bond donors (Lipinski definition) is 2. The first-order valence-corrected chi connectivity index (χ1v) is 9.77. The van der Waals surface area contributed by atoms with E-state index in [1.165, 1.54) is 19.3 Å². The topological polar surface area (TPSA) is 71.7 Å². The first-order chi connectivity index (χ1) is 13.2. The third kappa shape index (κ3) is 5.32. The Morgan fingerprint density at radius 3 is 2.74 bits per heavy atom. The van der Waals surface area contributed by atoms with Gasteiger partial charge in [0.25, 0.3) is 0 Å². The zero-order chi connectivity index (χ0) is 19.0. The van der Waals surface area contributed by atoms with Crippen LogP contribution in [-0.4, -0.2) is 37.9 Å². The van der Waals surface area contributed by atoms with Crippen molar-refractivity contribution < 1.29 is 9.26 Å². The van der Waals surface area contributed by atoms with Gasteiger partial charge in [0, 0.05) is 38.4 Å². The third-order valence-corrected chi connectivity index (χ3v) is 5.24. The summed E-state index contributed by atoms with van der Waals surface area (Å²) in [5, 5.41) is 11.0. The summed E-state index contributed by atoms with van der Waals surface area (Å²) < 4.78 is 10.7. The molecule has 0 atom stereocenters. The van der Waals surface area contributed by atoms with Crippen molar-refractivity contribution in [2.45, 2.75) is 39.2 Å². The van der Waals surface area contributed by atoms with Crippen LogP contribution in [-0.2, 0) is 11.3 Å². The van der Waals surface area contributed by atoms with Crippen LogP contribution >= 0.6 is 0 Å². The summed E-state index contributed by atoms with van der Waals surface area (Å²) in [5.74, 6) is 1.59. The molecule has 0 unspecified atom stereocenters. The fraction of sp³-hybridized carbons (Fsp3) is 0.524. The molecule has 2 N–H and O–H groups in total. The zero-order valence-corrected chi connectivity index (χ0v) is 16.3. The van der Waals surface area contributed by atoms with Crippen LogP contribution in [0.3, 0.4) is 0 Å². The molecule has 3 rings (SSSR count). The van der Waals surface area contributed by atoms with Crippen LogP contribution in [0.1, 0.15) is 38.3 Å². The van der Waals surface area contributed by atoms with E-state index in [0.29, 0.717) is 12.0 Å². The van der Waals surface area contributed by atoms with Crippen LogP contribution < -0.4 is 10.6 Å². The predicted molar refractivity (Wildman–Crippen MR) is 108 cm³/mol. The summed E-state index contributed by atoms with van der Waals surface area (Å²) in [6, 6.07) is 11.9. The van der Waals surface area contributed by atoms with Crippen molar-refractivity contribution in [2.75, 3.05) is 26.8 Å². The number of guanidine groups is 1. The van der Waals surface area contributed by atoms with E-state index in [1.54, 1.807) is 7.11 Å². The standard InChI is InChI=1S/C21H30N4O2/c1-3-22-20(24-16-21(10-7-11-21)12-13-26-2)23-15-18-14-19(27-25-18)17-8-5-4-6-9-17/h4-6,8-9,14H,3,7,10-13,15-16H2,1-2H3,(H2,22,23,24). The van der Waals surface area contributed by atoms with Crippen molar-refractivity contribution in [3.8, 4) is 11.3 Å². The molecule has 0 bridgehead atoms. The quantitative estimate of drug-likeness (QED) is 0.521.